The second-order valence-corrected chi connectivity index (χ2v) is 4.53. The van der Waals surface area contributed by atoms with Gasteiger partial charge in [-0.1, -0.05) is 29.8 Å². The van der Waals surface area contributed by atoms with Crippen molar-refractivity contribution in [1.29, 1.82) is 0 Å². The number of hydrogen-bond acceptors (Lipinski definition) is 3. The Morgan fingerprint density at radius 3 is 2.55 bits per heavy atom. The number of rotatable bonds is 4. The Labute approximate surface area is 117 Å². The molecule has 20 heavy (non-hydrogen) atoms. The summed E-state index contributed by atoms with van der Waals surface area (Å²) in [7, 11) is 1.30. The Kier molecular flexibility index (Phi) is 4.35. The van der Waals surface area contributed by atoms with E-state index in [0.29, 0.717) is 12.1 Å². The molecule has 0 aliphatic heterocycles. The van der Waals surface area contributed by atoms with Crippen LogP contribution in [-0.2, 0) is 11.3 Å². The fourth-order valence-electron chi connectivity index (χ4n) is 1.81. The van der Waals surface area contributed by atoms with Crippen LogP contribution in [0, 0.1) is 12.7 Å². The topological polar surface area (TPSA) is 38.3 Å². The molecule has 3 nitrogen and oxygen atoms in total. The third-order valence-electron chi connectivity index (χ3n) is 2.99. The number of ether oxygens (including phenoxy) is 1. The molecule has 0 aliphatic carbocycles. The average molecular weight is 273 g/mol. The number of nitrogens with one attached hydrogen (secondary N) is 1. The normalized spacial score (nSPS) is 10.2. The van der Waals surface area contributed by atoms with Gasteiger partial charge >= 0.3 is 5.97 Å². The van der Waals surface area contributed by atoms with Gasteiger partial charge in [-0.3, -0.25) is 0 Å². The molecule has 0 saturated carbocycles. The molecular formula is C16H16FNO2. The van der Waals surface area contributed by atoms with E-state index >= 15 is 0 Å². The predicted octanol–water partition coefficient (Wildman–Crippen LogP) is 3.53. The summed E-state index contributed by atoms with van der Waals surface area (Å²) in [5.74, 6) is -0.881. The quantitative estimate of drug-likeness (QED) is 0.866. The van der Waals surface area contributed by atoms with E-state index < -0.39 is 11.8 Å². The van der Waals surface area contributed by atoms with Crippen LogP contribution in [0.15, 0.2) is 42.5 Å². The number of hydrogen-bond donors (Lipinski definition) is 1. The van der Waals surface area contributed by atoms with Crippen molar-refractivity contribution in [3.8, 4) is 0 Å². The predicted molar refractivity (Wildman–Crippen MR) is 76.2 cm³/mol. The molecule has 0 aliphatic rings. The molecule has 2 aromatic carbocycles. The van der Waals surface area contributed by atoms with Gasteiger partial charge in [0.05, 0.1) is 18.4 Å². The van der Waals surface area contributed by atoms with Crippen molar-refractivity contribution in [3.63, 3.8) is 0 Å². The van der Waals surface area contributed by atoms with Gasteiger partial charge in [0, 0.05) is 6.54 Å². The largest absolute Gasteiger partial charge is 0.465 e. The van der Waals surface area contributed by atoms with Crippen molar-refractivity contribution in [2.45, 2.75) is 13.5 Å². The Morgan fingerprint density at radius 2 is 1.90 bits per heavy atom. The minimum Gasteiger partial charge on any atom is -0.465 e. The summed E-state index contributed by atoms with van der Waals surface area (Å²) in [5.41, 5.74) is 2.82. The summed E-state index contributed by atoms with van der Waals surface area (Å²) in [6, 6.07) is 12.1. The number of benzene rings is 2. The summed E-state index contributed by atoms with van der Waals surface area (Å²) < 4.78 is 18.3. The number of methoxy groups -OCH3 is 1. The van der Waals surface area contributed by atoms with Gasteiger partial charge < -0.3 is 10.1 Å². The molecule has 1 N–H and O–H groups in total. The zero-order valence-electron chi connectivity index (χ0n) is 11.4. The molecule has 2 aromatic rings. The standard InChI is InChI=1S/C16H16FNO2/c1-11-3-5-12(6-4-11)10-18-15-9-13(16(19)20-2)7-8-14(15)17/h3-9,18H,10H2,1-2H3. The van der Waals surface area contributed by atoms with Crippen molar-refractivity contribution in [2.24, 2.45) is 0 Å². The average Bonchev–Trinajstić information content (AvgIpc) is 2.47. The summed E-state index contributed by atoms with van der Waals surface area (Å²) in [5, 5.41) is 2.99. The zero-order chi connectivity index (χ0) is 14.5. The van der Waals surface area contributed by atoms with E-state index in [2.05, 4.69) is 10.1 Å². The lowest BCUT2D eigenvalue weighted by Crippen LogP contribution is -2.05. The second kappa shape index (κ2) is 6.19. The first kappa shape index (κ1) is 14.1. The smallest absolute Gasteiger partial charge is 0.337 e. The number of halogens is 1. The molecule has 104 valence electrons. The highest BCUT2D eigenvalue weighted by Crippen LogP contribution is 2.18. The Bertz CT molecular complexity index is 608. The van der Waals surface area contributed by atoms with Crippen LogP contribution in [0.5, 0.6) is 0 Å². The first-order valence-corrected chi connectivity index (χ1v) is 6.27. The van der Waals surface area contributed by atoms with Crippen LogP contribution in [0.3, 0.4) is 0 Å². The maximum atomic E-state index is 13.7. The summed E-state index contributed by atoms with van der Waals surface area (Å²) >= 11 is 0. The van der Waals surface area contributed by atoms with E-state index in [9.17, 15) is 9.18 Å². The molecular weight excluding hydrogens is 257 g/mol. The highest BCUT2D eigenvalue weighted by molar-refractivity contribution is 5.90. The van der Waals surface area contributed by atoms with E-state index in [1.165, 1.54) is 30.9 Å². The van der Waals surface area contributed by atoms with Crippen LogP contribution in [-0.4, -0.2) is 13.1 Å². The van der Waals surface area contributed by atoms with E-state index in [-0.39, 0.29) is 5.69 Å². The van der Waals surface area contributed by atoms with Gasteiger partial charge in [-0.25, -0.2) is 9.18 Å². The Morgan fingerprint density at radius 1 is 1.20 bits per heavy atom. The molecule has 0 atom stereocenters. The monoisotopic (exact) mass is 273 g/mol. The minimum atomic E-state index is -0.483. The number of anilines is 1. The lowest BCUT2D eigenvalue weighted by Gasteiger charge is -2.09. The van der Waals surface area contributed by atoms with Crippen molar-refractivity contribution in [2.75, 3.05) is 12.4 Å². The summed E-state index contributed by atoms with van der Waals surface area (Å²) in [4.78, 5) is 11.4. The van der Waals surface area contributed by atoms with Crippen LogP contribution in [0.2, 0.25) is 0 Å². The van der Waals surface area contributed by atoms with E-state index in [0.717, 1.165) is 5.56 Å². The Balaban J connectivity index is 2.12. The van der Waals surface area contributed by atoms with Gasteiger partial charge in [0.15, 0.2) is 0 Å². The van der Waals surface area contributed by atoms with Crippen LogP contribution >= 0.6 is 0 Å². The van der Waals surface area contributed by atoms with Crippen molar-refractivity contribution < 1.29 is 13.9 Å². The first-order chi connectivity index (χ1) is 9.60. The maximum absolute atomic E-state index is 13.7. The van der Waals surface area contributed by atoms with Crippen LogP contribution in [0.4, 0.5) is 10.1 Å². The fourth-order valence-corrected chi connectivity index (χ4v) is 1.81. The number of carbonyl (C=O) groups is 1. The third-order valence-corrected chi connectivity index (χ3v) is 2.99. The molecule has 4 heteroatoms. The van der Waals surface area contributed by atoms with Gasteiger partial charge in [-0.05, 0) is 30.7 Å². The highest BCUT2D eigenvalue weighted by atomic mass is 19.1. The molecule has 0 saturated heterocycles. The lowest BCUT2D eigenvalue weighted by molar-refractivity contribution is 0.0600. The number of esters is 1. The third kappa shape index (κ3) is 3.35. The van der Waals surface area contributed by atoms with Gasteiger partial charge in [0.2, 0.25) is 0 Å². The fraction of sp³-hybridized carbons (Fsp3) is 0.188. The number of aryl methyl sites for hydroxylation is 1. The second-order valence-electron chi connectivity index (χ2n) is 4.53. The SMILES string of the molecule is COC(=O)c1ccc(F)c(NCc2ccc(C)cc2)c1. The minimum absolute atomic E-state index is 0.286. The highest BCUT2D eigenvalue weighted by Gasteiger charge is 2.09. The number of carbonyl (C=O) groups excluding carboxylic acids is 1. The first-order valence-electron chi connectivity index (χ1n) is 6.27. The Hall–Kier alpha value is -2.36. The van der Waals surface area contributed by atoms with Crippen LogP contribution in [0.25, 0.3) is 0 Å². The molecule has 0 aromatic heterocycles. The van der Waals surface area contributed by atoms with E-state index in [1.807, 2.05) is 31.2 Å². The summed E-state index contributed by atoms with van der Waals surface area (Å²) in [6.07, 6.45) is 0. The summed E-state index contributed by atoms with van der Waals surface area (Å²) in [6.45, 7) is 2.50. The van der Waals surface area contributed by atoms with Crippen molar-refractivity contribution >= 4 is 11.7 Å². The molecule has 0 radical (unpaired) electrons. The van der Waals surface area contributed by atoms with Crippen LogP contribution in [0.1, 0.15) is 21.5 Å². The molecule has 0 heterocycles. The van der Waals surface area contributed by atoms with Crippen LogP contribution < -0.4 is 5.32 Å². The molecule has 0 bridgehead atoms. The molecule has 0 fully saturated rings. The van der Waals surface area contributed by atoms with Gasteiger partial charge in [-0.2, -0.15) is 0 Å². The maximum Gasteiger partial charge on any atom is 0.337 e. The molecule has 0 spiro atoms. The molecule has 0 unspecified atom stereocenters. The van der Waals surface area contributed by atoms with Crippen molar-refractivity contribution in [1.82, 2.24) is 0 Å². The lowest BCUT2D eigenvalue weighted by atomic mass is 10.1. The molecule has 2 rings (SSSR count). The molecule has 0 amide bonds. The van der Waals surface area contributed by atoms with Gasteiger partial charge in [0.25, 0.3) is 0 Å². The van der Waals surface area contributed by atoms with E-state index in [4.69, 9.17) is 0 Å². The van der Waals surface area contributed by atoms with E-state index in [1.54, 1.807) is 0 Å². The van der Waals surface area contributed by atoms with Gasteiger partial charge in [0.1, 0.15) is 5.82 Å². The van der Waals surface area contributed by atoms with Crippen molar-refractivity contribution in [3.05, 3.63) is 65.0 Å². The van der Waals surface area contributed by atoms with Gasteiger partial charge in [-0.15, -0.1) is 0 Å². The zero-order valence-corrected chi connectivity index (χ0v) is 11.4.